The Balaban J connectivity index is 1.77. The summed E-state index contributed by atoms with van der Waals surface area (Å²) >= 11 is 0. The second kappa shape index (κ2) is 6.48. The lowest BCUT2D eigenvalue weighted by Gasteiger charge is -2.17. The Labute approximate surface area is 136 Å². The highest BCUT2D eigenvalue weighted by Gasteiger charge is 2.18. The third-order valence-electron chi connectivity index (χ3n) is 3.72. The highest BCUT2D eigenvalue weighted by molar-refractivity contribution is 7.88. The molecule has 0 bridgehead atoms. The van der Waals surface area contributed by atoms with E-state index in [0.29, 0.717) is 6.54 Å². The molecule has 0 N–H and O–H groups in total. The summed E-state index contributed by atoms with van der Waals surface area (Å²) in [6.45, 7) is 0.313. The molecule has 0 unspecified atom stereocenters. The fraction of sp³-hybridized carbons (Fsp3) is 0.167. The van der Waals surface area contributed by atoms with E-state index in [9.17, 15) is 8.42 Å². The monoisotopic (exact) mass is 326 g/mol. The van der Waals surface area contributed by atoms with Crippen LogP contribution in [-0.2, 0) is 22.3 Å². The number of rotatable bonds is 5. The van der Waals surface area contributed by atoms with Crippen LogP contribution in [0.3, 0.4) is 0 Å². The van der Waals surface area contributed by atoms with Crippen molar-refractivity contribution >= 4 is 20.9 Å². The lowest BCUT2D eigenvalue weighted by molar-refractivity contribution is 0.465. The van der Waals surface area contributed by atoms with Crippen LogP contribution < -0.4 is 0 Å². The Morgan fingerprint density at radius 2 is 1.65 bits per heavy atom. The molecule has 0 atom stereocenters. The zero-order valence-electron chi connectivity index (χ0n) is 12.9. The highest BCUT2D eigenvalue weighted by atomic mass is 32.2. The summed E-state index contributed by atoms with van der Waals surface area (Å²) in [5.74, 6) is 0.00531. The van der Waals surface area contributed by atoms with E-state index in [1.54, 1.807) is 13.2 Å². The molecule has 0 amide bonds. The van der Waals surface area contributed by atoms with Gasteiger partial charge in [-0.15, -0.1) is 0 Å². The maximum atomic E-state index is 12.5. The van der Waals surface area contributed by atoms with Gasteiger partial charge in [-0.25, -0.2) is 12.7 Å². The Hall–Kier alpha value is -2.24. The second-order valence-corrected chi connectivity index (χ2v) is 7.61. The molecular formula is C18H18N2O2S. The minimum Gasteiger partial charge on any atom is -0.256 e. The Morgan fingerprint density at radius 3 is 2.43 bits per heavy atom. The van der Waals surface area contributed by atoms with E-state index in [1.807, 2.05) is 60.7 Å². The van der Waals surface area contributed by atoms with Crippen LogP contribution in [0.15, 0.2) is 66.9 Å². The molecule has 4 nitrogen and oxygen atoms in total. The van der Waals surface area contributed by atoms with E-state index in [2.05, 4.69) is 4.98 Å². The molecule has 0 saturated heterocycles. The van der Waals surface area contributed by atoms with Crippen molar-refractivity contribution < 1.29 is 8.42 Å². The molecule has 0 aliphatic heterocycles. The molecule has 1 heterocycles. The molecule has 0 aliphatic carbocycles. The van der Waals surface area contributed by atoms with Gasteiger partial charge in [0.1, 0.15) is 0 Å². The van der Waals surface area contributed by atoms with E-state index in [4.69, 9.17) is 0 Å². The third kappa shape index (κ3) is 3.75. The van der Waals surface area contributed by atoms with Gasteiger partial charge in [-0.05, 0) is 23.3 Å². The van der Waals surface area contributed by atoms with Gasteiger partial charge in [0.25, 0.3) is 0 Å². The van der Waals surface area contributed by atoms with Crippen molar-refractivity contribution in [2.24, 2.45) is 0 Å². The molecule has 23 heavy (non-hydrogen) atoms. The Morgan fingerprint density at radius 1 is 0.957 bits per heavy atom. The number of para-hydroxylation sites is 1. The van der Waals surface area contributed by atoms with Crippen molar-refractivity contribution in [3.05, 3.63) is 78.0 Å². The van der Waals surface area contributed by atoms with Crippen LogP contribution in [0.25, 0.3) is 10.9 Å². The number of benzene rings is 2. The van der Waals surface area contributed by atoms with E-state index in [1.165, 1.54) is 4.31 Å². The summed E-state index contributed by atoms with van der Waals surface area (Å²) in [5, 5.41) is 1.01. The van der Waals surface area contributed by atoms with Crippen LogP contribution in [-0.4, -0.2) is 24.8 Å². The summed E-state index contributed by atoms with van der Waals surface area (Å²) in [5.41, 5.74) is 2.57. The van der Waals surface area contributed by atoms with Gasteiger partial charge < -0.3 is 0 Å². The average Bonchev–Trinajstić information content (AvgIpc) is 2.55. The van der Waals surface area contributed by atoms with Gasteiger partial charge in [0.2, 0.25) is 10.0 Å². The topological polar surface area (TPSA) is 50.3 Å². The summed E-state index contributed by atoms with van der Waals surface area (Å²) in [7, 11) is -1.75. The van der Waals surface area contributed by atoms with E-state index >= 15 is 0 Å². The van der Waals surface area contributed by atoms with Gasteiger partial charge in [0.05, 0.1) is 11.3 Å². The van der Waals surface area contributed by atoms with Gasteiger partial charge in [0.15, 0.2) is 0 Å². The number of hydrogen-bond acceptors (Lipinski definition) is 3. The van der Waals surface area contributed by atoms with Crippen LogP contribution >= 0.6 is 0 Å². The fourth-order valence-corrected chi connectivity index (χ4v) is 3.63. The van der Waals surface area contributed by atoms with Crippen LogP contribution in [0.2, 0.25) is 0 Å². The van der Waals surface area contributed by atoms with Crippen LogP contribution in [0.1, 0.15) is 11.1 Å². The van der Waals surface area contributed by atoms with Gasteiger partial charge in [0, 0.05) is 25.2 Å². The quantitative estimate of drug-likeness (QED) is 0.723. The normalized spacial score (nSPS) is 11.9. The third-order valence-corrected chi connectivity index (χ3v) is 5.50. The van der Waals surface area contributed by atoms with Crippen LogP contribution in [0.5, 0.6) is 0 Å². The van der Waals surface area contributed by atoms with Gasteiger partial charge >= 0.3 is 0 Å². The summed E-state index contributed by atoms with van der Waals surface area (Å²) in [6, 6.07) is 19.0. The second-order valence-electron chi connectivity index (χ2n) is 5.53. The molecule has 0 saturated carbocycles. The standard InChI is InChI=1S/C18H18N2O2S/c1-20(23(21,22)14-15-7-3-2-4-8-15)13-16-11-17-9-5-6-10-18(17)19-12-16/h2-12H,13-14H2,1H3. The molecule has 0 spiro atoms. The molecule has 0 radical (unpaired) electrons. The van der Waals surface area contributed by atoms with E-state index in [-0.39, 0.29) is 5.75 Å². The van der Waals surface area contributed by atoms with Gasteiger partial charge in [-0.1, -0.05) is 48.5 Å². The first-order valence-corrected chi connectivity index (χ1v) is 8.97. The fourth-order valence-electron chi connectivity index (χ4n) is 2.45. The van der Waals surface area contributed by atoms with Crippen molar-refractivity contribution in [2.45, 2.75) is 12.3 Å². The Kier molecular flexibility index (Phi) is 4.41. The summed E-state index contributed by atoms with van der Waals surface area (Å²) in [6.07, 6.45) is 1.73. The van der Waals surface area contributed by atoms with Crippen molar-refractivity contribution in [3.63, 3.8) is 0 Å². The zero-order chi connectivity index (χ0) is 16.3. The number of fused-ring (bicyclic) bond motifs is 1. The van der Waals surface area contributed by atoms with Crippen molar-refractivity contribution in [1.82, 2.24) is 9.29 Å². The van der Waals surface area contributed by atoms with E-state index in [0.717, 1.165) is 22.0 Å². The largest absolute Gasteiger partial charge is 0.256 e. The smallest absolute Gasteiger partial charge is 0.218 e. The lowest BCUT2D eigenvalue weighted by atomic mass is 10.1. The molecule has 0 fully saturated rings. The molecule has 118 valence electrons. The maximum Gasteiger partial charge on any atom is 0.218 e. The zero-order valence-corrected chi connectivity index (χ0v) is 13.7. The lowest BCUT2D eigenvalue weighted by Crippen LogP contribution is -2.27. The van der Waals surface area contributed by atoms with Gasteiger partial charge in [-0.2, -0.15) is 0 Å². The van der Waals surface area contributed by atoms with Crippen LogP contribution in [0, 0.1) is 0 Å². The molecule has 3 aromatic rings. The number of nitrogens with zero attached hydrogens (tertiary/aromatic N) is 2. The average molecular weight is 326 g/mol. The van der Waals surface area contributed by atoms with Crippen molar-refractivity contribution in [2.75, 3.05) is 7.05 Å². The van der Waals surface area contributed by atoms with Crippen molar-refractivity contribution in [1.29, 1.82) is 0 Å². The van der Waals surface area contributed by atoms with E-state index < -0.39 is 10.0 Å². The number of aromatic nitrogens is 1. The Bertz CT molecular complexity index is 908. The SMILES string of the molecule is CN(Cc1cnc2ccccc2c1)S(=O)(=O)Cc1ccccc1. The predicted octanol–water partition coefficient (Wildman–Crippen LogP) is 3.20. The van der Waals surface area contributed by atoms with Crippen molar-refractivity contribution in [3.8, 4) is 0 Å². The predicted molar refractivity (Wildman–Crippen MR) is 92.3 cm³/mol. The maximum absolute atomic E-state index is 12.5. The van der Waals surface area contributed by atoms with Crippen LogP contribution in [0.4, 0.5) is 0 Å². The summed E-state index contributed by atoms with van der Waals surface area (Å²) < 4.78 is 26.3. The first kappa shape index (κ1) is 15.6. The van der Waals surface area contributed by atoms with Gasteiger partial charge in [-0.3, -0.25) is 4.98 Å². The molecule has 1 aromatic heterocycles. The molecule has 5 heteroatoms. The molecule has 3 rings (SSSR count). The minimum atomic E-state index is -3.36. The number of sulfonamides is 1. The number of pyridine rings is 1. The highest BCUT2D eigenvalue weighted by Crippen LogP contribution is 2.16. The summed E-state index contributed by atoms with van der Waals surface area (Å²) in [4.78, 5) is 4.38. The molecule has 0 aliphatic rings. The minimum absolute atomic E-state index is 0.00531. The first-order chi connectivity index (χ1) is 11.0. The first-order valence-electron chi connectivity index (χ1n) is 7.36. The molecular weight excluding hydrogens is 308 g/mol. The number of hydrogen-bond donors (Lipinski definition) is 0. The molecule has 2 aromatic carbocycles.